The summed E-state index contributed by atoms with van der Waals surface area (Å²) < 4.78 is 5.25. The number of nitrogens with one attached hydrogen (secondary N) is 1. The summed E-state index contributed by atoms with van der Waals surface area (Å²) in [6.45, 7) is 1.74. The molecular formula is C24H28N2O3. The number of methoxy groups -OCH3 is 1. The summed E-state index contributed by atoms with van der Waals surface area (Å²) >= 11 is 0. The number of rotatable bonds is 4. The topological polar surface area (TPSA) is 58.6 Å². The highest BCUT2D eigenvalue weighted by Crippen LogP contribution is 2.36. The second-order valence-corrected chi connectivity index (χ2v) is 8.08. The van der Waals surface area contributed by atoms with Gasteiger partial charge in [-0.3, -0.25) is 9.59 Å². The fourth-order valence-corrected chi connectivity index (χ4v) is 4.69. The molecule has 2 atom stereocenters. The van der Waals surface area contributed by atoms with Crippen molar-refractivity contribution in [2.75, 3.05) is 25.5 Å². The van der Waals surface area contributed by atoms with Crippen LogP contribution in [0.2, 0.25) is 0 Å². The molecule has 1 saturated carbocycles. The third-order valence-corrected chi connectivity index (χ3v) is 6.32. The van der Waals surface area contributed by atoms with Crippen LogP contribution in [0, 0.1) is 11.8 Å². The summed E-state index contributed by atoms with van der Waals surface area (Å²) in [4.78, 5) is 27.5. The molecule has 2 amide bonds. The molecule has 2 aromatic carbocycles. The minimum Gasteiger partial charge on any atom is -0.496 e. The van der Waals surface area contributed by atoms with Crippen molar-refractivity contribution in [2.45, 2.75) is 32.1 Å². The number of nitrogens with zero attached hydrogens (tertiary/aromatic N) is 1. The molecule has 2 aromatic rings. The normalized spacial score (nSPS) is 21.2. The largest absolute Gasteiger partial charge is 0.496 e. The average molecular weight is 392 g/mol. The van der Waals surface area contributed by atoms with Gasteiger partial charge in [-0.25, -0.2) is 0 Å². The zero-order valence-corrected chi connectivity index (χ0v) is 16.9. The van der Waals surface area contributed by atoms with Gasteiger partial charge in [0, 0.05) is 24.3 Å². The number of likely N-dealkylation sites (tertiary alicyclic amines) is 1. The van der Waals surface area contributed by atoms with Gasteiger partial charge in [-0.05, 0) is 61.1 Å². The highest BCUT2D eigenvalue weighted by Gasteiger charge is 2.33. The molecule has 0 aromatic heterocycles. The van der Waals surface area contributed by atoms with Crippen molar-refractivity contribution in [1.29, 1.82) is 0 Å². The molecular weight excluding hydrogens is 364 g/mol. The summed E-state index contributed by atoms with van der Waals surface area (Å²) in [6, 6.07) is 14.3. The summed E-state index contributed by atoms with van der Waals surface area (Å²) in [5, 5.41) is 2.87. The molecule has 1 saturated heterocycles. The van der Waals surface area contributed by atoms with Gasteiger partial charge in [0.05, 0.1) is 12.7 Å². The van der Waals surface area contributed by atoms with E-state index in [0.717, 1.165) is 25.4 Å². The fraction of sp³-hybridized carbons (Fsp3) is 0.417. The highest BCUT2D eigenvalue weighted by molar-refractivity contribution is 6.06. The summed E-state index contributed by atoms with van der Waals surface area (Å²) in [5.74, 6) is 1.86. The van der Waals surface area contributed by atoms with E-state index in [1.807, 2.05) is 11.0 Å². The number of piperidine rings is 1. The van der Waals surface area contributed by atoms with Crippen LogP contribution in [0.1, 0.15) is 52.8 Å². The Hall–Kier alpha value is -2.82. The van der Waals surface area contributed by atoms with E-state index in [0.29, 0.717) is 28.5 Å². The maximum atomic E-state index is 12.9. The SMILES string of the molecule is COc1ccccc1C(=O)Nc1ccc(C(=O)N2CC[C@H]3CCCC[C@H]3C2)cc1. The van der Waals surface area contributed by atoms with E-state index in [2.05, 4.69) is 5.32 Å². The number of amides is 2. The van der Waals surface area contributed by atoms with Crippen LogP contribution in [0.15, 0.2) is 48.5 Å². The fourth-order valence-electron chi connectivity index (χ4n) is 4.69. The van der Waals surface area contributed by atoms with Crippen LogP contribution in [-0.2, 0) is 0 Å². The average Bonchev–Trinajstić information content (AvgIpc) is 2.78. The van der Waals surface area contributed by atoms with E-state index in [1.54, 1.807) is 49.6 Å². The first-order valence-electron chi connectivity index (χ1n) is 10.5. The Labute approximate surface area is 172 Å². The number of carbonyl (C=O) groups excluding carboxylic acids is 2. The molecule has 0 spiro atoms. The minimum atomic E-state index is -0.235. The van der Waals surface area contributed by atoms with Crippen LogP contribution in [0.3, 0.4) is 0 Å². The molecule has 1 aliphatic heterocycles. The lowest BCUT2D eigenvalue weighted by molar-refractivity contribution is 0.0521. The van der Waals surface area contributed by atoms with Crippen molar-refractivity contribution >= 4 is 17.5 Å². The first kappa shape index (κ1) is 19.5. The van der Waals surface area contributed by atoms with Crippen molar-refractivity contribution in [3.8, 4) is 5.75 Å². The molecule has 1 heterocycles. The monoisotopic (exact) mass is 392 g/mol. The third-order valence-electron chi connectivity index (χ3n) is 6.32. The van der Waals surface area contributed by atoms with Gasteiger partial charge in [0.2, 0.25) is 0 Å². The summed E-state index contributed by atoms with van der Waals surface area (Å²) in [5.41, 5.74) is 1.81. The van der Waals surface area contributed by atoms with E-state index in [9.17, 15) is 9.59 Å². The van der Waals surface area contributed by atoms with Crippen molar-refractivity contribution in [3.63, 3.8) is 0 Å². The number of hydrogen-bond donors (Lipinski definition) is 1. The molecule has 5 heteroatoms. The number of para-hydroxylation sites is 1. The van der Waals surface area contributed by atoms with Gasteiger partial charge in [-0.1, -0.05) is 31.4 Å². The van der Waals surface area contributed by atoms with E-state index < -0.39 is 0 Å². The molecule has 4 rings (SSSR count). The van der Waals surface area contributed by atoms with Crippen molar-refractivity contribution < 1.29 is 14.3 Å². The summed E-state index contributed by atoms with van der Waals surface area (Å²) in [6.07, 6.45) is 6.35. The number of anilines is 1. The molecule has 0 unspecified atom stereocenters. The lowest BCUT2D eigenvalue weighted by Gasteiger charge is -2.41. The molecule has 152 valence electrons. The number of fused-ring (bicyclic) bond motifs is 1. The Balaban J connectivity index is 1.40. The zero-order chi connectivity index (χ0) is 20.2. The standard InChI is InChI=1S/C24H28N2O3/c1-29-22-9-5-4-8-21(22)23(27)25-20-12-10-18(11-13-20)24(28)26-15-14-17-6-2-3-7-19(17)16-26/h4-5,8-13,17,19H,2-3,6-7,14-16H2,1H3,(H,25,27)/t17-,19+/m1/s1. The lowest BCUT2D eigenvalue weighted by Crippen LogP contribution is -2.44. The van der Waals surface area contributed by atoms with E-state index >= 15 is 0 Å². The second kappa shape index (κ2) is 8.68. The van der Waals surface area contributed by atoms with Gasteiger partial charge in [0.15, 0.2) is 0 Å². The van der Waals surface area contributed by atoms with Gasteiger partial charge >= 0.3 is 0 Å². The van der Waals surface area contributed by atoms with Crippen LogP contribution >= 0.6 is 0 Å². The Kier molecular flexibility index (Phi) is 5.84. The number of carbonyl (C=O) groups is 2. The third kappa shape index (κ3) is 4.29. The smallest absolute Gasteiger partial charge is 0.259 e. The first-order valence-corrected chi connectivity index (χ1v) is 10.5. The van der Waals surface area contributed by atoms with E-state index in [4.69, 9.17) is 4.74 Å². The van der Waals surface area contributed by atoms with Crippen LogP contribution < -0.4 is 10.1 Å². The second-order valence-electron chi connectivity index (χ2n) is 8.08. The van der Waals surface area contributed by atoms with Crippen LogP contribution in [0.4, 0.5) is 5.69 Å². The Morgan fingerprint density at radius 3 is 2.45 bits per heavy atom. The van der Waals surface area contributed by atoms with Crippen LogP contribution in [-0.4, -0.2) is 36.9 Å². The lowest BCUT2D eigenvalue weighted by atomic mass is 9.75. The van der Waals surface area contributed by atoms with Crippen molar-refractivity contribution in [1.82, 2.24) is 4.90 Å². The molecule has 29 heavy (non-hydrogen) atoms. The Morgan fingerprint density at radius 1 is 0.966 bits per heavy atom. The van der Waals surface area contributed by atoms with E-state index in [1.165, 1.54) is 25.7 Å². The number of benzene rings is 2. The van der Waals surface area contributed by atoms with Gasteiger partial charge in [-0.2, -0.15) is 0 Å². The summed E-state index contributed by atoms with van der Waals surface area (Å²) in [7, 11) is 1.54. The Morgan fingerprint density at radius 2 is 1.69 bits per heavy atom. The maximum absolute atomic E-state index is 12.9. The van der Waals surface area contributed by atoms with Crippen molar-refractivity contribution in [2.24, 2.45) is 11.8 Å². The van der Waals surface area contributed by atoms with Crippen LogP contribution in [0.5, 0.6) is 5.75 Å². The molecule has 2 fully saturated rings. The quantitative estimate of drug-likeness (QED) is 0.827. The first-order chi connectivity index (χ1) is 14.2. The number of hydrogen-bond acceptors (Lipinski definition) is 3. The molecule has 0 radical (unpaired) electrons. The zero-order valence-electron chi connectivity index (χ0n) is 16.9. The predicted molar refractivity (Wildman–Crippen MR) is 113 cm³/mol. The highest BCUT2D eigenvalue weighted by atomic mass is 16.5. The predicted octanol–water partition coefficient (Wildman–Crippen LogP) is 4.60. The molecule has 2 aliphatic rings. The van der Waals surface area contributed by atoms with Gasteiger partial charge in [-0.15, -0.1) is 0 Å². The maximum Gasteiger partial charge on any atom is 0.259 e. The minimum absolute atomic E-state index is 0.0941. The van der Waals surface area contributed by atoms with Gasteiger partial charge in [0.1, 0.15) is 5.75 Å². The van der Waals surface area contributed by atoms with E-state index in [-0.39, 0.29) is 11.8 Å². The van der Waals surface area contributed by atoms with Gasteiger partial charge < -0.3 is 15.0 Å². The van der Waals surface area contributed by atoms with Crippen molar-refractivity contribution in [3.05, 3.63) is 59.7 Å². The molecule has 1 N–H and O–H groups in total. The number of ether oxygens (including phenoxy) is 1. The molecule has 0 bridgehead atoms. The Bertz CT molecular complexity index is 878. The van der Waals surface area contributed by atoms with Crippen LogP contribution in [0.25, 0.3) is 0 Å². The molecule has 5 nitrogen and oxygen atoms in total. The molecule has 1 aliphatic carbocycles. The van der Waals surface area contributed by atoms with Gasteiger partial charge in [0.25, 0.3) is 11.8 Å².